The molecule has 2 heterocycles. The Kier molecular flexibility index (Phi) is 8.00. The molecule has 8 nitrogen and oxygen atoms in total. The summed E-state index contributed by atoms with van der Waals surface area (Å²) < 4.78 is 7.43. The number of aliphatic hydroxyl groups is 1. The minimum atomic E-state index is -0.767. The van der Waals surface area contributed by atoms with Gasteiger partial charge in [0, 0.05) is 24.4 Å². The van der Waals surface area contributed by atoms with E-state index in [0.717, 1.165) is 22.5 Å². The fourth-order valence-corrected chi connectivity index (χ4v) is 3.67. The van der Waals surface area contributed by atoms with Crippen LogP contribution in [0.15, 0.2) is 35.5 Å². The lowest BCUT2D eigenvalue weighted by molar-refractivity contribution is -0.121. The van der Waals surface area contributed by atoms with Crippen molar-refractivity contribution >= 4 is 23.4 Å². The second kappa shape index (κ2) is 10.7. The largest absolute Gasteiger partial charge is 0.389 e. The zero-order valence-corrected chi connectivity index (χ0v) is 19.1. The molecule has 0 aliphatic heterocycles. The smallest absolute Gasteiger partial charge is 0.253 e. The molecule has 0 fully saturated rings. The quantitative estimate of drug-likeness (QED) is 0.465. The fraction of sp³-hybridized carbons (Fsp3) is 0.455. The molecule has 0 spiro atoms. The highest BCUT2D eigenvalue weighted by Crippen LogP contribution is 2.18. The van der Waals surface area contributed by atoms with Gasteiger partial charge < -0.3 is 15.2 Å². The normalized spacial score (nSPS) is 13.3. The van der Waals surface area contributed by atoms with Gasteiger partial charge in [0.05, 0.1) is 18.8 Å². The number of nitrogens with zero attached hydrogens (tertiary/aromatic N) is 4. The Labute approximate surface area is 186 Å². The zero-order chi connectivity index (χ0) is 22.4. The lowest BCUT2D eigenvalue weighted by Crippen LogP contribution is -2.35. The second-order valence-electron chi connectivity index (χ2n) is 7.42. The van der Waals surface area contributed by atoms with E-state index in [-0.39, 0.29) is 25.2 Å². The number of benzene rings is 1. The standard InChI is InChI=1S/C22H29N5O3S/c1-14-19(15(2)27-21(24-14)25-22(26-27)31-4)10-11-20(29)23-12-18(28)13-30-16(3)17-8-6-5-7-9-17/h5-9,16,18,28H,10-13H2,1-4H3,(H,23,29)/t16-,18-/m1/s1. The Bertz CT molecular complexity index is 1020. The summed E-state index contributed by atoms with van der Waals surface area (Å²) in [5.74, 6) is 0.442. The molecule has 0 saturated heterocycles. The van der Waals surface area contributed by atoms with E-state index >= 15 is 0 Å². The Balaban J connectivity index is 1.47. The Morgan fingerprint density at radius 1 is 1.26 bits per heavy atom. The summed E-state index contributed by atoms with van der Waals surface area (Å²) >= 11 is 1.47. The topological polar surface area (TPSA) is 102 Å². The van der Waals surface area contributed by atoms with Crippen molar-refractivity contribution in [2.45, 2.75) is 51.0 Å². The van der Waals surface area contributed by atoms with Gasteiger partial charge in [0.1, 0.15) is 0 Å². The van der Waals surface area contributed by atoms with E-state index in [2.05, 4.69) is 20.4 Å². The SMILES string of the molecule is CSc1nc2nc(C)c(CCC(=O)NC[C@@H](O)CO[C@H](C)c3ccccc3)c(C)n2n1. The van der Waals surface area contributed by atoms with Crippen LogP contribution < -0.4 is 5.32 Å². The van der Waals surface area contributed by atoms with Crippen LogP contribution in [0.25, 0.3) is 5.78 Å². The summed E-state index contributed by atoms with van der Waals surface area (Å²) in [7, 11) is 0. The highest BCUT2D eigenvalue weighted by Gasteiger charge is 2.15. The molecule has 9 heteroatoms. The number of thioether (sulfide) groups is 1. The number of nitrogens with one attached hydrogen (secondary N) is 1. The molecule has 0 aliphatic rings. The van der Waals surface area contributed by atoms with Crippen LogP contribution in [0, 0.1) is 13.8 Å². The molecule has 3 rings (SSSR count). The van der Waals surface area contributed by atoms with Gasteiger partial charge >= 0.3 is 0 Å². The fourth-order valence-electron chi connectivity index (χ4n) is 3.33. The van der Waals surface area contributed by atoms with Crippen LogP contribution in [-0.4, -0.2) is 56.1 Å². The van der Waals surface area contributed by atoms with Gasteiger partial charge in [-0.2, -0.15) is 4.98 Å². The average Bonchev–Trinajstić information content (AvgIpc) is 3.19. The van der Waals surface area contributed by atoms with Crippen LogP contribution >= 0.6 is 11.8 Å². The summed E-state index contributed by atoms with van der Waals surface area (Å²) in [6, 6.07) is 9.82. The first-order valence-electron chi connectivity index (χ1n) is 10.3. The minimum Gasteiger partial charge on any atom is -0.389 e. The summed E-state index contributed by atoms with van der Waals surface area (Å²) in [6.45, 7) is 6.12. The number of rotatable bonds is 10. The van der Waals surface area contributed by atoms with Crippen molar-refractivity contribution in [1.82, 2.24) is 24.9 Å². The van der Waals surface area contributed by atoms with E-state index in [1.807, 2.05) is 57.4 Å². The number of fused-ring (bicyclic) bond motifs is 1. The Morgan fingerprint density at radius 2 is 2.00 bits per heavy atom. The maximum absolute atomic E-state index is 12.3. The summed E-state index contributed by atoms with van der Waals surface area (Å²) in [5.41, 5.74) is 3.82. The van der Waals surface area contributed by atoms with Crippen LogP contribution in [0.1, 0.15) is 42.0 Å². The van der Waals surface area contributed by atoms with Gasteiger partial charge in [-0.25, -0.2) is 9.50 Å². The number of carbonyl (C=O) groups is 1. The lowest BCUT2D eigenvalue weighted by Gasteiger charge is -2.17. The van der Waals surface area contributed by atoms with Crippen molar-refractivity contribution in [2.75, 3.05) is 19.4 Å². The molecule has 1 aromatic carbocycles. The van der Waals surface area contributed by atoms with Gasteiger partial charge in [0.25, 0.3) is 5.78 Å². The van der Waals surface area contributed by atoms with E-state index in [1.54, 1.807) is 4.52 Å². The predicted octanol–water partition coefficient (Wildman–Crippen LogP) is 2.65. The van der Waals surface area contributed by atoms with Crippen molar-refractivity contribution in [1.29, 1.82) is 0 Å². The van der Waals surface area contributed by atoms with Crippen molar-refractivity contribution in [3.05, 3.63) is 52.8 Å². The Hall–Kier alpha value is -2.49. The van der Waals surface area contributed by atoms with Gasteiger partial charge in [-0.05, 0) is 44.6 Å². The molecular formula is C22H29N5O3S. The molecule has 31 heavy (non-hydrogen) atoms. The third kappa shape index (κ3) is 6.03. The van der Waals surface area contributed by atoms with Gasteiger partial charge in [-0.3, -0.25) is 4.79 Å². The van der Waals surface area contributed by atoms with Gasteiger partial charge in [0.2, 0.25) is 11.1 Å². The average molecular weight is 444 g/mol. The zero-order valence-electron chi connectivity index (χ0n) is 18.3. The highest BCUT2D eigenvalue weighted by atomic mass is 32.2. The molecule has 2 aromatic heterocycles. The molecule has 0 unspecified atom stereocenters. The van der Waals surface area contributed by atoms with Crippen LogP contribution in [0.3, 0.4) is 0 Å². The molecule has 166 valence electrons. The second-order valence-corrected chi connectivity index (χ2v) is 8.19. The Morgan fingerprint density at radius 3 is 2.71 bits per heavy atom. The predicted molar refractivity (Wildman–Crippen MR) is 120 cm³/mol. The first-order valence-corrected chi connectivity index (χ1v) is 11.5. The molecule has 2 N–H and O–H groups in total. The van der Waals surface area contributed by atoms with E-state index in [1.165, 1.54) is 11.8 Å². The highest BCUT2D eigenvalue weighted by molar-refractivity contribution is 7.98. The number of carbonyl (C=O) groups excluding carboxylic acids is 1. The van der Waals surface area contributed by atoms with Gasteiger partial charge in [-0.15, -0.1) is 5.10 Å². The van der Waals surface area contributed by atoms with Crippen LogP contribution in [0.2, 0.25) is 0 Å². The number of aromatic nitrogens is 4. The maximum atomic E-state index is 12.3. The number of amides is 1. The summed E-state index contributed by atoms with van der Waals surface area (Å²) in [6.07, 6.45) is 1.87. The number of hydrogen-bond donors (Lipinski definition) is 2. The monoisotopic (exact) mass is 443 g/mol. The van der Waals surface area contributed by atoms with Crippen molar-refractivity contribution in [3.8, 4) is 0 Å². The van der Waals surface area contributed by atoms with E-state index in [0.29, 0.717) is 23.8 Å². The van der Waals surface area contributed by atoms with E-state index in [4.69, 9.17) is 4.74 Å². The number of aliphatic hydroxyl groups excluding tert-OH is 1. The number of hydrogen-bond acceptors (Lipinski definition) is 7. The van der Waals surface area contributed by atoms with Crippen molar-refractivity contribution in [2.24, 2.45) is 0 Å². The third-order valence-corrected chi connectivity index (χ3v) is 5.69. The first kappa shape index (κ1) is 23.2. The summed E-state index contributed by atoms with van der Waals surface area (Å²) in [5, 5.41) is 18.0. The minimum absolute atomic E-state index is 0.122. The molecule has 1 amide bonds. The van der Waals surface area contributed by atoms with Crippen LogP contribution in [0.4, 0.5) is 0 Å². The molecule has 2 atom stereocenters. The van der Waals surface area contributed by atoms with Crippen molar-refractivity contribution < 1.29 is 14.6 Å². The van der Waals surface area contributed by atoms with Crippen LogP contribution in [-0.2, 0) is 16.0 Å². The maximum Gasteiger partial charge on any atom is 0.253 e. The van der Waals surface area contributed by atoms with Gasteiger partial charge in [-0.1, -0.05) is 42.1 Å². The van der Waals surface area contributed by atoms with Gasteiger partial charge in [0.15, 0.2) is 0 Å². The number of ether oxygens (including phenoxy) is 1. The molecular weight excluding hydrogens is 414 g/mol. The number of aryl methyl sites for hydroxylation is 2. The molecule has 3 aromatic rings. The van der Waals surface area contributed by atoms with Crippen molar-refractivity contribution in [3.63, 3.8) is 0 Å². The third-order valence-electron chi connectivity index (χ3n) is 5.16. The first-order chi connectivity index (χ1) is 14.9. The molecule has 0 saturated carbocycles. The van der Waals surface area contributed by atoms with E-state index < -0.39 is 6.10 Å². The molecule has 0 aliphatic carbocycles. The van der Waals surface area contributed by atoms with Crippen LogP contribution in [0.5, 0.6) is 0 Å². The lowest BCUT2D eigenvalue weighted by atomic mass is 10.1. The molecule has 0 bridgehead atoms. The van der Waals surface area contributed by atoms with E-state index in [9.17, 15) is 9.90 Å². The summed E-state index contributed by atoms with van der Waals surface area (Å²) in [4.78, 5) is 21.2. The molecule has 0 radical (unpaired) electrons.